The van der Waals surface area contributed by atoms with Gasteiger partial charge in [-0.15, -0.1) is 0 Å². The van der Waals surface area contributed by atoms with E-state index in [4.69, 9.17) is 0 Å². The van der Waals surface area contributed by atoms with E-state index in [0.717, 1.165) is 13.1 Å². The van der Waals surface area contributed by atoms with Crippen molar-refractivity contribution in [3.63, 3.8) is 0 Å². The number of amides is 2. The Morgan fingerprint density at radius 1 is 1.06 bits per heavy atom. The van der Waals surface area contributed by atoms with Crippen LogP contribution in [-0.4, -0.2) is 46.8 Å². The predicted octanol–water partition coefficient (Wildman–Crippen LogP) is 1.89. The summed E-state index contributed by atoms with van der Waals surface area (Å²) in [5.74, 6) is 0.135. The maximum Gasteiger partial charge on any atom is 0.224 e. The van der Waals surface area contributed by atoms with Crippen molar-refractivity contribution in [2.45, 2.75) is 53.5 Å². The summed E-state index contributed by atoms with van der Waals surface area (Å²) in [7, 11) is 0. The minimum atomic E-state index is -0.227. The zero-order valence-electron chi connectivity index (χ0n) is 12.0. The van der Waals surface area contributed by atoms with E-state index in [1.165, 1.54) is 0 Å². The number of nitrogens with zero attached hydrogens (tertiary/aromatic N) is 2. The van der Waals surface area contributed by atoms with Gasteiger partial charge in [-0.2, -0.15) is 0 Å². The van der Waals surface area contributed by atoms with Gasteiger partial charge in [0.05, 0.1) is 0 Å². The Balaban J connectivity index is 4.42. The van der Waals surface area contributed by atoms with Crippen LogP contribution in [0, 0.1) is 0 Å². The largest absolute Gasteiger partial charge is 0.343 e. The van der Waals surface area contributed by atoms with Gasteiger partial charge < -0.3 is 9.80 Å². The van der Waals surface area contributed by atoms with Gasteiger partial charge in [-0.3, -0.25) is 9.59 Å². The fourth-order valence-electron chi connectivity index (χ4n) is 1.91. The Morgan fingerprint density at radius 2 is 1.53 bits per heavy atom. The molecule has 0 aromatic carbocycles. The Bertz CT molecular complexity index is 265. The van der Waals surface area contributed by atoms with Gasteiger partial charge in [-0.1, -0.05) is 0 Å². The maximum absolute atomic E-state index is 11.8. The van der Waals surface area contributed by atoms with Gasteiger partial charge in [0.25, 0.3) is 0 Å². The first-order valence-corrected chi connectivity index (χ1v) is 6.30. The third-order valence-corrected chi connectivity index (χ3v) is 2.86. The molecule has 0 spiro atoms. The average Bonchev–Trinajstić information content (AvgIpc) is 2.17. The fraction of sp³-hybridized carbons (Fsp3) is 0.846. The fourth-order valence-corrected chi connectivity index (χ4v) is 1.91. The van der Waals surface area contributed by atoms with Gasteiger partial charge in [-0.05, 0) is 34.6 Å². The highest BCUT2D eigenvalue weighted by molar-refractivity contribution is 5.78. The first-order chi connectivity index (χ1) is 7.73. The first kappa shape index (κ1) is 15.9. The molecule has 0 bridgehead atoms. The van der Waals surface area contributed by atoms with Crippen LogP contribution in [0.4, 0.5) is 0 Å². The second kappa shape index (κ2) is 6.62. The third-order valence-electron chi connectivity index (χ3n) is 2.86. The molecule has 0 unspecified atom stereocenters. The smallest absolute Gasteiger partial charge is 0.224 e. The van der Waals surface area contributed by atoms with Gasteiger partial charge in [0.1, 0.15) is 0 Å². The molecule has 4 nitrogen and oxygen atoms in total. The molecule has 0 heterocycles. The van der Waals surface area contributed by atoms with Crippen molar-refractivity contribution in [2.24, 2.45) is 0 Å². The summed E-state index contributed by atoms with van der Waals surface area (Å²) in [4.78, 5) is 26.9. The zero-order valence-corrected chi connectivity index (χ0v) is 12.0. The van der Waals surface area contributed by atoms with Gasteiger partial charge in [0, 0.05) is 38.5 Å². The van der Waals surface area contributed by atoms with Crippen LogP contribution in [0.25, 0.3) is 0 Å². The highest BCUT2D eigenvalue weighted by atomic mass is 16.2. The molecule has 0 rings (SSSR count). The molecular weight excluding hydrogens is 216 g/mol. The lowest BCUT2D eigenvalue weighted by molar-refractivity contribution is -0.136. The SMILES string of the molecule is CCN(CC)C(=O)CCN(C(C)=O)C(C)(C)C. The van der Waals surface area contributed by atoms with E-state index in [9.17, 15) is 9.59 Å². The van der Waals surface area contributed by atoms with Gasteiger partial charge in [0.15, 0.2) is 0 Å². The van der Waals surface area contributed by atoms with Crippen LogP contribution in [0.1, 0.15) is 48.0 Å². The quantitative estimate of drug-likeness (QED) is 0.738. The predicted molar refractivity (Wildman–Crippen MR) is 69.7 cm³/mol. The second-order valence-corrected chi connectivity index (χ2v) is 5.16. The highest BCUT2D eigenvalue weighted by Gasteiger charge is 2.24. The molecular formula is C13H26N2O2. The highest BCUT2D eigenvalue weighted by Crippen LogP contribution is 2.14. The normalized spacial score (nSPS) is 11.2. The minimum Gasteiger partial charge on any atom is -0.343 e. The number of carbonyl (C=O) groups excluding carboxylic acids is 2. The lowest BCUT2D eigenvalue weighted by Crippen LogP contribution is -2.46. The van der Waals surface area contributed by atoms with Gasteiger partial charge in [0.2, 0.25) is 11.8 Å². The minimum absolute atomic E-state index is 0.0184. The molecule has 2 amide bonds. The Labute approximate surface area is 105 Å². The molecule has 0 saturated heterocycles. The molecule has 0 radical (unpaired) electrons. The Kier molecular flexibility index (Phi) is 6.21. The molecule has 0 N–H and O–H groups in total. The molecule has 0 aliphatic carbocycles. The number of carbonyl (C=O) groups is 2. The standard InChI is InChI=1S/C13H26N2O2/c1-7-14(8-2)12(17)9-10-15(11(3)16)13(4,5)6/h7-10H2,1-6H3. The summed E-state index contributed by atoms with van der Waals surface area (Å²) < 4.78 is 0. The van der Waals surface area contributed by atoms with Crippen molar-refractivity contribution in [3.8, 4) is 0 Å². The summed E-state index contributed by atoms with van der Waals surface area (Å²) in [6, 6.07) is 0. The van der Waals surface area contributed by atoms with Crippen LogP contribution in [0.5, 0.6) is 0 Å². The van der Waals surface area contributed by atoms with Crippen LogP contribution in [0.15, 0.2) is 0 Å². The van der Waals surface area contributed by atoms with Gasteiger partial charge in [-0.25, -0.2) is 0 Å². The molecule has 0 aromatic rings. The number of hydrogen-bond donors (Lipinski definition) is 0. The lowest BCUT2D eigenvalue weighted by Gasteiger charge is -2.35. The topological polar surface area (TPSA) is 40.6 Å². The van der Waals surface area contributed by atoms with Crippen LogP contribution in [0.3, 0.4) is 0 Å². The first-order valence-electron chi connectivity index (χ1n) is 6.30. The van der Waals surface area contributed by atoms with E-state index in [2.05, 4.69) is 0 Å². The van der Waals surface area contributed by atoms with Crippen LogP contribution >= 0.6 is 0 Å². The molecule has 0 aromatic heterocycles. The summed E-state index contributed by atoms with van der Waals surface area (Å²) in [5, 5.41) is 0. The third kappa shape index (κ3) is 5.20. The van der Waals surface area contributed by atoms with E-state index in [0.29, 0.717) is 13.0 Å². The van der Waals surface area contributed by atoms with E-state index in [1.807, 2.05) is 34.6 Å². The van der Waals surface area contributed by atoms with E-state index in [1.54, 1.807) is 16.7 Å². The van der Waals surface area contributed by atoms with Crippen LogP contribution in [-0.2, 0) is 9.59 Å². The number of hydrogen-bond acceptors (Lipinski definition) is 2. The molecule has 0 saturated carbocycles. The summed E-state index contributed by atoms with van der Waals surface area (Å²) >= 11 is 0. The molecule has 0 aliphatic rings. The molecule has 0 atom stereocenters. The van der Waals surface area contributed by atoms with Crippen molar-refractivity contribution in [2.75, 3.05) is 19.6 Å². The van der Waals surface area contributed by atoms with E-state index < -0.39 is 0 Å². The second-order valence-electron chi connectivity index (χ2n) is 5.16. The van der Waals surface area contributed by atoms with Crippen molar-refractivity contribution in [1.29, 1.82) is 0 Å². The molecule has 100 valence electrons. The Hall–Kier alpha value is -1.06. The van der Waals surface area contributed by atoms with Crippen LogP contribution < -0.4 is 0 Å². The average molecular weight is 242 g/mol. The lowest BCUT2D eigenvalue weighted by atomic mass is 10.1. The summed E-state index contributed by atoms with van der Waals surface area (Å²) in [6.07, 6.45) is 0.401. The summed E-state index contributed by atoms with van der Waals surface area (Å²) in [6.45, 7) is 13.4. The Morgan fingerprint density at radius 3 is 1.82 bits per heavy atom. The summed E-state index contributed by atoms with van der Waals surface area (Å²) in [5.41, 5.74) is -0.227. The zero-order chi connectivity index (χ0) is 13.6. The van der Waals surface area contributed by atoms with E-state index >= 15 is 0 Å². The van der Waals surface area contributed by atoms with E-state index in [-0.39, 0.29) is 17.4 Å². The van der Waals surface area contributed by atoms with Crippen molar-refractivity contribution in [1.82, 2.24) is 9.80 Å². The van der Waals surface area contributed by atoms with Crippen molar-refractivity contribution >= 4 is 11.8 Å². The van der Waals surface area contributed by atoms with Crippen LogP contribution in [0.2, 0.25) is 0 Å². The van der Waals surface area contributed by atoms with Crippen molar-refractivity contribution < 1.29 is 9.59 Å². The maximum atomic E-state index is 11.8. The van der Waals surface area contributed by atoms with Crippen molar-refractivity contribution in [3.05, 3.63) is 0 Å². The molecule has 0 fully saturated rings. The molecule has 17 heavy (non-hydrogen) atoms. The molecule has 0 aliphatic heterocycles. The number of rotatable bonds is 5. The molecule has 4 heteroatoms. The van der Waals surface area contributed by atoms with Gasteiger partial charge >= 0.3 is 0 Å². The monoisotopic (exact) mass is 242 g/mol.